The molecule has 0 fully saturated rings. The van der Waals surface area contributed by atoms with Gasteiger partial charge in [-0.3, -0.25) is 4.79 Å². The molecule has 0 aliphatic carbocycles. The maximum atomic E-state index is 9.57. The van der Waals surface area contributed by atoms with E-state index in [0.717, 1.165) is 0 Å². The van der Waals surface area contributed by atoms with E-state index in [9.17, 15) is 9.59 Å². The van der Waals surface area contributed by atoms with Crippen LogP contribution in [-0.2, 0) is 9.59 Å². The second-order valence-corrected chi connectivity index (χ2v) is 1.35. The maximum absolute atomic E-state index is 9.57. The first-order chi connectivity index (χ1) is 4.18. The van der Waals surface area contributed by atoms with Crippen molar-refractivity contribution in [2.45, 2.75) is 12.3 Å². The van der Waals surface area contributed by atoms with Crippen LogP contribution in [-0.4, -0.2) is 22.7 Å². The fourth-order valence-electron chi connectivity index (χ4n) is 0.0582. The number of aliphatic carboxylic acids is 1. The summed E-state index contributed by atoms with van der Waals surface area (Å²) in [6.07, 6.45) is 0.157. The van der Waals surface area contributed by atoms with Crippen LogP contribution in [0.2, 0.25) is 0 Å². The summed E-state index contributed by atoms with van der Waals surface area (Å²) in [5.74, 6) is -1.31. The molecule has 0 heterocycles. The monoisotopic (exact) mass is 190 g/mol. The Balaban J connectivity index is -0.000000149. The third-order valence-electron chi connectivity index (χ3n) is 0.355. The number of hydrogen-bond acceptors (Lipinski definition) is 2. The Labute approximate surface area is 108 Å². The molecule has 3 nitrogen and oxygen atoms in total. The standard InChI is InChI=1S/C3H3ClO3.C2H5.K/c4-2(1-5)3(6)7;1-2;/h1-2H,(H,6,7);1H2,2H3;/q;-1;+1. The largest absolute Gasteiger partial charge is 1.00 e. The number of halogens is 1. The molecule has 0 radical (unpaired) electrons. The van der Waals surface area contributed by atoms with Gasteiger partial charge < -0.3 is 16.8 Å². The predicted octanol–water partition coefficient (Wildman–Crippen LogP) is -2.28. The van der Waals surface area contributed by atoms with Crippen molar-refractivity contribution in [2.75, 3.05) is 0 Å². The van der Waals surface area contributed by atoms with E-state index < -0.39 is 11.3 Å². The zero-order chi connectivity index (χ0) is 7.86. The Bertz CT molecular complexity index is 96.9. The van der Waals surface area contributed by atoms with Gasteiger partial charge in [-0.15, -0.1) is 11.6 Å². The van der Waals surface area contributed by atoms with Crippen LogP contribution in [0.3, 0.4) is 0 Å². The van der Waals surface area contributed by atoms with Crippen LogP contribution in [0.1, 0.15) is 6.92 Å². The van der Waals surface area contributed by atoms with Gasteiger partial charge in [0, 0.05) is 0 Å². The summed E-state index contributed by atoms with van der Waals surface area (Å²) in [7, 11) is 0. The molecule has 0 saturated heterocycles. The number of carbonyl (C=O) groups excluding carboxylic acids is 1. The third-order valence-corrected chi connectivity index (χ3v) is 0.645. The van der Waals surface area contributed by atoms with Crippen LogP contribution in [0.4, 0.5) is 0 Å². The van der Waals surface area contributed by atoms with E-state index in [2.05, 4.69) is 6.92 Å². The molecule has 0 aromatic rings. The number of rotatable bonds is 2. The molecule has 0 amide bonds. The molecule has 0 aliphatic rings. The van der Waals surface area contributed by atoms with Crippen molar-refractivity contribution >= 4 is 23.9 Å². The maximum Gasteiger partial charge on any atom is 1.00 e. The minimum atomic E-state index is -1.39. The fraction of sp³-hybridized carbons (Fsp3) is 0.400. The van der Waals surface area contributed by atoms with Gasteiger partial charge in [-0.05, 0) is 0 Å². The molecule has 1 atom stereocenters. The molecule has 0 aromatic carbocycles. The van der Waals surface area contributed by atoms with Gasteiger partial charge in [0.1, 0.15) is 6.29 Å². The summed E-state index contributed by atoms with van der Waals surface area (Å²) in [6, 6.07) is 0. The van der Waals surface area contributed by atoms with E-state index in [0.29, 0.717) is 0 Å². The SMILES string of the molecule is O=CC(Cl)C(=O)O.[CH2-]C.[K+]. The van der Waals surface area contributed by atoms with E-state index in [1.807, 2.05) is 0 Å². The zero-order valence-corrected chi connectivity index (χ0v) is 9.88. The molecule has 54 valence electrons. The van der Waals surface area contributed by atoms with Crippen LogP contribution in [0, 0.1) is 6.92 Å². The van der Waals surface area contributed by atoms with Crippen molar-refractivity contribution in [1.29, 1.82) is 0 Å². The summed E-state index contributed by atoms with van der Waals surface area (Å²) in [5, 5.41) is 6.43. The molecule has 1 N–H and O–H groups in total. The minimum Gasteiger partial charge on any atom is -0.480 e. The molecule has 0 rings (SSSR count). The molecule has 0 spiro atoms. The predicted molar refractivity (Wildman–Crippen MR) is 34.4 cm³/mol. The second-order valence-electron chi connectivity index (χ2n) is 0.876. The first-order valence-electron chi connectivity index (χ1n) is 2.21. The van der Waals surface area contributed by atoms with E-state index in [1.54, 1.807) is 6.92 Å². The number of carbonyl (C=O) groups is 2. The van der Waals surface area contributed by atoms with Gasteiger partial charge in [-0.1, -0.05) is 0 Å². The quantitative estimate of drug-likeness (QED) is 0.176. The van der Waals surface area contributed by atoms with Crippen molar-refractivity contribution in [3.05, 3.63) is 6.92 Å². The van der Waals surface area contributed by atoms with Crippen LogP contribution in [0.5, 0.6) is 0 Å². The van der Waals surface area contributed by atoms with Crippen LogP contribution in [0.25, 0.3) is 0 Å². The average molecular weight is 191 g/mol. The van der Waals surface area contributed by atoms with Gasteiger partial charge in [-0.25, -0.2) is 0 Å². The average Bonchev–Trinajstić information content (AvgIpc) is 1.91. The van der Waals surface area contributed by atoms with Gasteiger partial charge in [0.2, 0.25) is 0 Å². The van der Waals surface area contributed by atoms with Crippen molar-refractivity contribution in [1.82, 2.24) is 0 Å². The van der Waals surface area contributed by atoms with E-state index in [1.165, 1.54) is 0 Å². The van der Waals surface area contributed by atoms with Gasteiger partial charge in [0.05, 0.1) is 0 Å². The summed E-state index contributed by atoms with van der Waals surface area (Å²) in [4.78, 5) is 19.0. The van der Waals surface area contributed by atoms with Crippen molar-refractivity contribution in [3.8, 4) is 0 Å². The first-order valence-corrected chi connectivity index (χ1v) is 2.65. The van der Waals surface area contributed by atoms with Crippen molar-refractivity contribution < 1.29 is 66.1 Å². The van der Waals surface area contributed by atoms with Crippen LogP contribution in [0.15, 0.2) is 0 Å². The summed E-state index contributed by atoms with van der Waals surface area (Å²) < 4.78 is 0. The minimum absolute atomic E-state index is 0. The Kier molecular flexibility index (Phi) is 21.9. The summed E-state index contributed by atoms with van der Waals surface area (Å²) in [5.41, 5.74) is 0. The molecular weight excluding hydrogens is 183 g/mol. The van der Waals surface area contributed by atoms with Crippen molar-refractivity contribution in [3.63, 3.8) is 0 Å². The van der Waals surface area contributed by atoms with E-state index in [-0.39, 0.29) is 57.7 Å². The van der Waals surface area contributed by atoms with Gasteiger partial charge >= 0.3 is 57.4 Å². The molecule has 0 aromatic heterocycles. The first kappa shape index (κ1) is 17.2. The zero-order valence-electron chi connectivity index (χ0n) is 6.00. The number of carboxylic acid groups (broad SMARTS) is 1. The Morgan fingerprint density at radius 2 is 2.00 bits per heavy atom. The molecule has 0 saturated carbocycles. The molecular formula is C5H8ClKO3. The van der Waals surface area contributed by atoms with E-state index >= 15 is 0 Å². The van der Waals surface area contributed by atoms with Gasteiger partial charge in [0.15, 0.2) is 5.38 Å². The number of alkyl halides is 1. The van der Waals surface area contributed by atoms with E-state index in [4.69, 9.17) is 16.7 Å². The summed E-state index contributed by atoms with van der Waals surface area (Å²) in [6.45, 7) is 5.00. The topological polar surface area (TPSA) is 54.4 Å². The normalized spacial score (nSPS) is 9.50. The molecule has 5 heteroatoms. The molecule has 10 heavy (non-hydrogen) atoms. The van der Waals surface area contributed by atoms with Crippen molar-refractivity contribution in [2.24, 2.45) is 0 Å². The smallest absolute Gasteiger partial charge is 0.480 e. The van der Waals surface area contributed by atoms with Crippen LogP contribution >= 0.6 is 11.6 Å². The Morgan fingerprint density at radius 3 is 2.00 bits per heavy atom. The Hall–Kier alpha value is 1.07. The number of carboxylic acids is 1. The summed E-state index contributed by atoms with van der Waals surface area (Å²) >= 11 is 4.83. The molecule has 0 bridgehead atoms. The third kappa shape index (κ3) is 11.8. The Morgan fingerprint density at radius 1 is 1.70 bits per heavy atom. The number of hydrogen-bond donors (Lipinski definition) is 1. The number of aldehydes is 1. The molecule has 1 unspecified atom stereocenters. The van der Waals surface area contributed by atoms with Gasteiger partial charge in [-0.2, -0.15) is 6.92 Å². The van der Waals surface area contributed by atoms with Gasteiger partial charge in [0.25, 0.3) is 0 Å². The molecule has 0 aliphatic heterocycles. The fourth-order valence-corrected chi connectivity index (χ4v) is 0.0582. The van der Waals surface area contributed by atoms with Crippen LogP contribution < -0.4 is 51.4 Å². The second kappa shape index (κ2) is 12.7.